The van der Waals surface area contributed by atoms with Crippen molar-refractivity contribution in [3.63, 3.8) is 0 Å². The number of Topliss-reactive ketones (excluding diaryl/α,β-unsaturated/α-hetero) is 3. The molecule has 0 aromatic rings. The summed E-state index contributed by atoms with van der Waals surface area (Å²) >= 11 is 0. The van der Waals surface area contributed by atoms with Gasteiger partial charge in [0.1, 0.15) is 17.3 Å². The van der Waals surface area contributed by atoms with Gasteiger partial charge >= 0.3 is 0 Å². The molecule has 0 aliphatic rings. The average molecular weight is 362 g/mol. The zero-order chi connectivity index (χ0) is 20.8. The van der Waals surface area contributed by atoms with Crippen LogP contribution in [0.5, 0.6) is 0 Å². The van der Waals surface area contributed by atoms with Crippen LogP contribution in [-0.2, 0) is 14.4 Å². The van der Waals surface area contributed by atoms with Crippen molar-refractivity contribution in [2.24, 2.45) is 5.84 Å². The Hall–Kier alpha value is -1.11. The van der Waals surface area contributed by atoms with Crippen molar-refractivity contribution in [2.45, 2.75) is 87.6 Å². The molecule has 0 saturated carbocycles. The summed E-state index contributed by atoms with van der Waals surface area (Å²) in [7, 11) is 0. The Labute approximate surface area is 155 Å². The lowest BCUT2D eigenvalue weighted by Crippen LogP contribution is -2.45. The van der Waals surface area contributed by atoms with Gasteiger partial charge in [-0.1, -0.05) is 48.0 Å². The minimum absolute atomic E-state index is 0.0109. The molecule has 25 heavy (non-hydrogen) atoms. The van der Waals surface area contributed by atoms with Crippen LogP contribution in [0, 0.1) is 0 Å². The van der Waals surface area contributed by atoms with Crippen LogP contribution < -0.4 is 11.3 Å². The van der Waals surface area contributed by atoms with Gasteiger partial charge in [0.2, 0.25) is 0 Å². The maximum absolute atomic E-state index is 11.7. The SMILES string of the molecule is CC.CC.CC.CC(=O)CN(CC(C)=O)C(CCCCNN)C(C)=O. The van der Waals surface area contributed by atoms with Crippen LogP contribution in [0.1, 0.15) is 81.6 Å². The molecule has 0 amide bonds. The van der Waals surface area contributed by atoms with E-state index < -0.39 is 0 Å². The number of hydrogen-bond acceptors (Lipinski definition) is 6. The Morgan fingerprint density at radius 2 is 1.24 bits per heavy atom. The van der Waals surface area contributed by atoms with E-state index in [1.165, 1.54) is 20.8 Å². The number of rotatable bonds is 11. The summed E-state index contributed by atoms with van der Waals surface area (Å²) in [4.78, 5) is 35.9. The molecule has 0 heterocycles. The van der Waals surface area contributed by atoms with Crippen LogP contribution in [-0.4, -0.2) is 47.9 Å². The molecule has 0 aliphatic carbocycles. The second kappa shape index (κ2) is 25.1. The molecule has 0 rings (SSSR count). The van der Waals surface area contributed by atoms with Crippen molar-refractivity contribution in [3.05, 3.63) is 0 Å². The van der Waals surface area contributed by atoms with Crippen LogP contribution >= 0.6 is 0 Å². The lowest BCUT2D eigenvalue weighted by molar-refractivity contribution is -0.127. The van der Waals surface area contributed by atoms with Crippen molar-refractivity contribution >= 4 is 17.3 Å². The number of nitrogens with two attached hydrogens (primary N) is 1. The number of nitrogens with one attached hydrogen (secondary N) is 1. The van der Waals surface area contributed by atoms with Crippen molar-refractivity contribution in [1.82, 2.24) is 10.3 Å². The fraction of sp³-hybridized carbons (Fsp3) is 0.842. The molecular formula is C19H43N3O3. The van der Waals surface area contributed by atoms with Gasteiger partial charge in [0, 0.05) is 6.54 Å². The fourth-order valence-electron chi connectivity index (χ4n) is 2.06. The Balaban J connectivity index is -0.000000329. The number of hydrogen-bond donors (Lipinski definition) is 2. The summed E-state index contributed by atoms with van der Waals surface area (Å²) in [6.07, 6.45) is 2.31. The van der Waals surface area contributed by atoms with Gasteiger partial charge in [-0.05, 0) is 33.6 Å². The third-order valence-electron chi connectivity index (χ3n) is 2.81. The minimum atomic E-state index is -0.370. The van der Waals surface area contributed by atoms with E-state index in [1.54, 1.807) is 4.90 Å². The standard InChI is InChI=1S/C13H25N3O3.3C2H6/c1-10(17)8-16(9-11(2)18)13(12(3)19)6-4-5-7-15-14;3*1-2/h13,15H,4-9,14H2,1-3H3;3*1-2H3. The molecule has 0 spiro atoms. The topological polar surface area (TPSA) is 92.5 Å². The van der Waals surface area contributed by atoms with Gasteiger partial charge in [0.15, 0.2) is 0 Å². The molecule has 1 atom stereocenters. The summed E-state index contributed by atoms with van der Waals surface area (Å²) in [5, 5.41) is 0. The van der Waals surface area contributed by atoms with Crippen LogP contribution in [0.15, 0.2) is 0 Å². The lowest BCUT2D eigenvalue weighted by Gasteiger charge is -2.28. The van der Waals surface area contributed by atoms with E-state index in [0.717, 1.165) is 12.8 Å². The van der Waals surface area contributed by atoms with Gasteiger partial charge in [0.25, 0.3) is 0 Å². The van der Waals surface area contributed by atoms with E-state index in [2.05, 4.69) is 5.43 Å². The molecule has 6 heteroatoms. The zero-order valence-electron chi connectivity index (χ0n) is 18.1. The summed E-state index contributed by atoms with van der Waals surface area (Å²) in [5.74, 6) is 5.08. The summed E-state index contributed by atoms with van der Waals surface area (Å²) in [6.45, 7) is 17.4. The number of unbranched alkanes of at least 4 members (excludes halogenated alkanes) is 1. The molecule has 0 fully saturated rings. The van der Waals surface area contributed by atoms with E-state index in [-0.39, 0.29) is 36.5 Å². The Morgan fingerprint density at radius 1 is 0.840 bits per heavy atom. The van der Waals surface area contributed by atoms with Crippen molar-refractivity contribution in [1.29, 1.82) is 0 Å². The molecule has 0 saturated heterocycles. The van der Waals surface area contributed by atoms with E-state index >= 15 is 0 Å². The van der Waals surface area contributed by atoms with Gasteiger partial charge in [-0.15, -0.1) is 0 Å². The summed E-state index contributed by atoms with van der Waals surface area (Å²) < 4.78 is 0. The predicted octanol–water partition coefficient (Wildman–Crippen LogP) is 3.14. The number of nitrogens with zero attached hydrogens (tertiary/aromatic N) is 1. The van der Waals surface area contributed by atoms with Crippen LogP contribution in [0.4, 0.5) is 0 Å². The van der Waals surface area contributed by atoms with E-state index in [9.17, 15) is 14.4 Å². The Morgan fingerprint density at radius 3 is 1.52 bits per heavy atom. The van der Waals surface area contributed by atoms with Gasteiger partial charge in [-0.25, -0.2) is 0 Å². The number of carbonyl (C=O) groups excluding carboxylic acids is 3. The third kappa shape index (κ3) is 22.9. The van der Waals surface area contributed by atoms with Crippen molar-refractivity contribution < 1.29 is 14.4 Å². The molecule has 0 bridgehead atoms. The highest BCUT2D eigenvalue weighted by molar-refractivity contribution is 5.85. The first-order valence-electron chi connectivity index (χ1n) is 9.55. The first-order chi connectivity index (χ1) is 11.9. The fourth-order valence-corrected chi connectivity index (χ4v) is 2.06. The van der Waals surface area contributed by atoms with Gasteiger partial charge in [-0.3, -0.25) is 30.6 Å². The maximum Gasteiger partial charge on any atom is 0.146 e. The second-order valence-corrected chi connectivity index (χ2v) is 4.89. The average Bonchev–Trinajstić information content (AvgIpc) is 2.58. The third-order valence-corrected chi connectivity index (χ3v) is 2.81. The molecule has 0 aromatic heterocycles. The maximum atomic E-state index is 11.7. The molecule has 6 nitrogen and oxygen atoms in total. The van der Waals surface area contributed by atoms with E-state index in [4.69, 9.17) is 5.84 Å². The smallest absolute Gasteiger partial charge is 0.146 e. The van der Waals surface area contributed by atoms with Crippen molar-refractivity contribution in [2.75, 3.05) is 19.6 Å². The molecule has 0 radical (unpaired) electrons. The summed E-state index contributed by atoms with van der Waals surface area (Å²) in [5.41, 5.74) is 2.56. The largest absolute Gasteiger partial charge is 0.299 e. The molecule has 3 N–H and O–H groups in total. The number of hydrazine groups is 1. The normalized spacial score (nSPS) is 10.2. The van der Waals surface area contributed by atoms with Gasteiger partial charge in [0.05, 0.1) is 19.1 Å². The Bertz CT molecular complexity index is 305. The quantitative estimate of drug-likeness (QED) is 0.334. The number of carbonyl (C=O) groups is 3. The molecule has 152 valence electrons. The Kier molecular flexibility index (Phi) is 31.8. The number of ketones is 3. The van der Waals surface area contributed by atoms with Crippen LogP contribution in [0.2, 0.25) is 0 Å². The molecule has 1 unspecified atom stereocenters. The van der Waals surface area contributed by atoms with Crippen LogP contribution in [0.25, 0.3) is 0 Å². The van der Waals surface area contributed by atoms with Gasteiger partial charge in [-0.2, -0.15) is 0 Å². The predicted molar refractivity (Wildman–Crippen MR) is 107 cm³/mol. The highest BCUT2D eigenvalue weighted by Gasteiger charge is 2.24. The van der Waals surface area contributed by atoms with E-state index in [0.29, 0.717) is 13.0 Å². The first-order valence-corrected chi connectivity index (χ1v) is 9.55. The first kappa shape index (κ1) is 31.6. The summed E-state index contributed by atoms with van der Waals surface area (Å²) in [6, 6.07) is -0.370. The zero-order valence-corrected chi connectivity index (χ0v) is 18.1. The highest BCUT2D eigenvalue weighted by Crippen LogP contribution is 2.10. The molecule has 0 aliphatic heterocycles. The van der Waals surface area contributed by atoms with E-state index in [1.807, 2.05) is 41.5 Å². The van der Waals surface area contributed by atoms with Gasteiger partial charge < -0.3 is 0 Å². The minimum Gasteiger partial charge on any atom is -0.299 e. The molecule has 0 aromatic carbocycles. The van der Waals surface area contributed by atoms with Crippen molar-refractivity contribution in [3.8, 4) is 0 Å². The second-order valence-electron chi connectivity index (χ2n) is 4.89. The highest BCUT2D eigenvalue weighted by atomic mass is 16.1. The lowest BCUT2D eigenvalue weighted by atomic mass is 10.0. The monoisotopic (exact) mass is 361 g/mol. The van der Waals surface area contributed by atoms with Crippen LogP contribution in [0.3, 0.4) is 0 Å². The molecular weight excluding hydrogens is 318 g/mol.